The molecule has 0 saturated carbocycles. The van der Waals surface area contributed by atoms with Crippen LogP contribution in [0.3, 0.4) is 0 Å². The van der Waals surface area contributed by atoms with E-state index in [1.165, 1.54) is 13.8 Å². The topological polar surface area (TPSA) is 80.6 Å². The number of hydrogen-bond acceptors (Lipinski definition) is 4. The number of aliphatic carboxylic acids is 1. The van der Waals surface area contributed by atoms with Gasteiger partial charge in [0.15, 0.2) is 0 Å². The summed E-state index contributed by atoms with van der Waals surface area (Å²) in [7, 11) is 0. The van der Waals surface area contributed by atoms with Crippen molar-refractivity contribution in [3.63, 3.8) is 0 Å². The number of carbonyl (C=O) groups is 1. The Morgan fingerprint density at radius 1 is 1.60 bits per heavy atom. The molecule has 0 aromatic carbocycles. The molecule has 0 aliphatic rings. The van der Waals surface area contributed by atoms with Crippen LogP contribution in [0.4, 0.5) is 0 Å². The molecule has 5 heteroatoms. The van der Waals surface area contributed by atoms with E-state index in [4.69, 9.17) is 10.2 Å². The SMILES string of the molecule is CC(C)(O)C(O)C(=O)[O-].[K+]. The fourth-order valence-electron chi connectivity index (χ4n) is 0.288. The van der Waals surface area contributed by atoms with Crippen LogP contribution < -0.4 is 56.5 Å². The first-order valence-electron chi connectivity index (χ1n) is 2.47. The molecule has 0 aliphatic carbocycles. The Balaban J connectivity index is 0. The van der Waals surface area contributed by atoms with Crippen molar-refractivity contribution in [3.05, 3.63) is 0 Å². The summed E-state index contributed by atoms with van der Waals surface area (Å²) in [6.45, 7) is 2.38. The van der Waals surface area contributed by atoms with Crippen molar-refractivity contribution in [2.75, 3.05) is 0 Å². The summed E-state index contributed by atoms with van der Waals surface area (Å²) in [6.07, 6.45) is -1.82. The number of rotatable bonds is 2. The van der Waals surface area contributed by atoms with Gasteiger partial charge in [-0.1, -0.05) is 0 Å². The maximum Gasteiger partial charge on any atom is 1.00 e. The summed E-state index contributed by atoms with van der Waals surface area (Å²) < 4.78 is 0. The first kappa shape index (κ1) is 13.6. The molecule has 0 aliphatic heterocycles. The number of hydrogen-bond donors (Lipinski definition) is 2. The van der Waals surface area contributed by atoms with Gasteiger partial charge < -0.3 is 20.1 Å². The zero-order valence-corrected chi connectivity index (χ0v) is 9.41. The van der Waals surface area contributed by atoms with E-state index in [1.54, 1.807) is 0 Å². The van der Waals surface area contributed by atoms with Gasteiger partial charge in [0.05, 0.1) is 11.6 Å². The zero-order chi connectivity index (χ0) is 7.65. The number of carboxylic acids is 1. The molecular weight excluding hydrogens is 163 g/mol. The molecule has 0 saturated heterocycles. The van der Waals surface area contributed by atoms with E-state index in [0.717, 1.165) is 0 Å². The molecule has 10 heavy (non-hydrogen) atoms. The maximum atomic E-state index is 9.82. The van der Waals surface area contributed by atoms with E-state index in [0.29, 0.717) is 0 Å². The van der Waals surface area contributed by atoms with Gasteiger partial charge in [0.1, 0.15) is 6.10 Å². The third-order valence-electron chi connectivity index (χ3n) is 0.892. The molecule has 0 aromatic heterocycles. The minimum absolute atomic E-state index is 0. The van der Waals surface area contributed by atoms with E-state index >= 15 is 0 Å². The Morgan fingerprint density at radius 2 is 1.90 bits per heavy atom. The number of carbonyl (C=O) groups excluding carboxylic acids is 1. The predicted octanol–water partition coefficient (Wildman–Crippen LogP) is -5.13. The molecule has 0 spiro atoms. The monoisotopic (exact) mass is 172 g/mol. The first-order chi connectivity index (χ1) is 3.85. The zero-order valence-electron chi connectivity index (χ0n) is 6.29. The van der Waals surface area contributed by atoms with Gasteiger partial charge in [-0.2, -0.15) is 0 Å². The fourth-order valence-corrected chi connectivity index (χ4v) is 0.288. The molecule has 1 atom stereocenters. The molecule has 0 rings (SSSR count). The van der Waals surface area contributed by atoms with Crippen molar-refractivity contribution in [2.24, 2.45) is 0 Å². The van der Waals surface area contributed by atoms with Crippen LogP contribution >= 0.6 is 0 Å². The van der Waals surface area contributed by atoms with Crippen molar-refractivity contribution >= 4 is 5.97 Å². The number of carboxylic acid groups (broad SMARTS) is 1. The molecule has 0 radical (unpaired) electrons. The summed E-state index contributed by atoms with van der Waals surface area (Å²) in [5, 5.41) is 27.2. The smallest absolute Gasteiger partial charge is 0.547 e. The van der Waals surface area contributed by atoms with Crippen molar-refractivity contribution in [2.45, 2.75) is 25.6 Å². The van der Waals surface area contributed by atoms with Gasteiger partial charge in [-0.15, -0.1) is 0 Å². The molecule has 0 bridgehead atoms. The summed E-state index contributed by atoms with van der Waals surface area (Å²) in [5.74, 6) is -1.66. The van der Waals surface area contributed by atoms with Crippen LogP contribution in [0.25, 0.3) is 0 Å². The average Bonchev–Trinajstić information content (AvgIpc) is 1.62. The van der Waals surface area contributed by atoms with E-state index in [2.05, 4.69) is 0 Å². The summed E-state index contributed by atoms with van der Waals surface area (Å²) >= 11 is 0. The quantitative estimate of drug-likeness (QED) is 0.408. The molecular formula is C5H9KO4. The predicted molar refractivity (Wildman–Crippen MR) is 27.3 cm³/mol. The minimum atomic E-state index is -1.82. The number of aliphatic hydroxyl groups is 2. The Kier molecular flexibility index (Phi) is 6.55. The molecule has 0 aromatic rings. The van der Waals surface area contributed by atoms with E-state index < -0.39 is 17.7 Å². The molecule has 4 nitrogen and oxygen atoms in total. The third-order valence-corrected chi connectivity index (χ3v) is 0.892. The summed E-state index contributed by atoms with van der Waals surface area (Å²) in [6, 6.07) is 0. The van der Waals surface area contributed by atoms with Crippen molar-refractivity contribution in [3.8, 4) is 0 Å². The van der Waals surface area contributed by atoms with Crippen LogP contribution in [-0.4, -0.2) is 27.9 Å². The van der Waals surface area contributed by atoms with E-state index in [1.807, 2.05) is 0 Å². The molecule has 54 valence electrons. The first-order valence-corrected chi connectivity index (χ1v) is 2.47. The minimum Gasteiger partial charge on any atom is -0.547 e. The van der Waals surface area contributed by atoms with Crippen LogP contribution in [0.2, 0.25) is 0 Å². The van der Waals surface area contributed by atoms with Gasteiger partial charge in [0.25, 0.3) is 0 Å². The van der Waals surface area contributed by atoms with Crippen LogP contribution in [0.15, 0.2) is 0 Å². The van der Waals surface area contributed by atoms with Crippen LogP contribution in [-0.2, 0) is 4.79 Å². The average molecular weight is 172 g/mol. The van der Waals surface area contributed by atoms with Crippen LogP contribution in [0, 0.1) is 0 Å². The Morgan fingerprint density at radius 3 is 1.90 bits per heavy atom. The fraction of sp³-hybridized carbons (Fsp3) is 0.800. The largest absolute Gasteiger partial charge is 1.00 e. The van der Waals surface area contributed by atoms with Crippen molar-refractivity contribution in [1.29, 1.82) is 0 Å². The Labute approximate surface area is 102 Å². The van der Waals surface area contributed by atoms with Gasteiger partial charge in [-0.25, -0.2) is 0 Å². The van der Waals surface area contributed by atoms with Gasteiger partial charge >= 0.3 is 51.4 Å². The molecule has 2 N–H and O–H groups in total. The Bertz CT molecular complexity index is 117. The second-order valence-electron chi connectivity index (χ2n) is 2.38. The van der Waals surface area contributed by atoms with Gasteiger partial charge in [-0.3, -0.25) is 0 Å². The van der Waals surface area contributed by atoms with Gasteiger partial charge in [-0.05, 0) is 13.8 Å². The van der Waals surface area contributed by atoms with E-state index in [-0.39, 0.29) is 51.4 Å². The normalized spacial score (nSPS) is 13.6. The molecule has 1 unspecified atom stereocenters. The molecule has 0 amide bonds. The summed E-state index contributed by atoms with van der Waals surface area (Å²) in [5.41, 5.74) is -1.63. The number of aliphatic hydroxyl groups excluding tert-OH is 1. The summed E-state index contributed by atoms with van der Waals surface area (Å²) in [4.78, 5) is 9.82. The third kappa shape index (κ3) is 4.78. The Hall–Kier alpha value is 1.03. The molecule has 0 heterocycles. The van der Waals surface area contributed by atoms with Crippen LogP contribution in [0.5, 0.6) is 0 Å². The standard InChI is InChI=1S/C5H10O4.K/c1-5(2,9)3(6)4(7)8;/h3,6,9H,1-2H3,(H,7,8);/q;+1/p-1. The van der Waals surface area contributed by atoms with E-state index in [9.17, 15) is 9.90 Å². The van der Waals surface area contributed by atoms with Gasteiger partial charge in [0, 0.05) is 0 Å². The van der Waals surface area contributed by atoms with Gasteiger partial charge in [0.2, 0.25) is 0 Å². The second kappa shape index (κ2) is 4.81. The second-order valence-corrected chi connectivity index (χ2v) is 2.38. The van der Waals surface area contributed by atoms with Crippen molar-refractivity contribution < 1.29 is 71.5 Å². The van der Waals surface area contributed by atoms with Crippen molar-refractivity contribution in [1.82, 2.24) is 0 Å². The van der Waals surface area contributed by atoms with Crippen LogP contribution in [0.1, 0.15) is 13.8 Å². The maximum absolute atomic E-state index is 9.82. The molecule has 0 fully saturated rings.